The monoisotopic (exact) mass is 218 g/mol. The van der Waals surface area contributed by atoms with Crippen molar-refractivity contribution in [3.8, 4) is 11.8 Å². The Morgan fingerprint density at radius 1 is 1.69 bits per heavy atom. The standard InChI is InChI=1S/C11H10N2O3/c12-5-7-1-2-10-9(3-7)13-8(6-16-10)4-11(14)15/h1-3,8,13H,4,6H2,(H,14,15). The summed E-state index contributed by atoms with van der Waals surface area (Å²) in [5, 5.41) is 20.5. The van der Waals surface area contributed by atoms with Gasteiger partial charge in [-0.1, -0.05) is 0 Å². The topological polar surface area (TPSA) is 82.4 Å². The molecule has 0 aromatic heterocycles. The second kappa shape index (κ2) is 4.11. The van der Waals surface area contributed by atoms with Crippen LogP contribution in [0.5, 0.6) is 5.75 Å². The van der Waals surface area contributed by atoms with E-state index >= 15 is 0 Å². The van der Waals surface area contributed by atoms with Gasteiger partial charge >= 0.3 is 5.97 Å². The zero-order valence-corrected chi connectivity index (χ0v) is 8.43. The zero-order valence-electron chi connectivity index (χ0n) is 8.43. The van der Waals surface area contributed by atoms with E-state index in [9.17, 15) is 4.79 Å². The average molecular weight is 218 g/mol. The number of anilines is 1. The molecule has 0 bridgehead atoms. The molecular formula is C11H10N2O3. The summed E-state index contributed by atoms with van der Waals surface area (Å²) < 4.78 is 5.40. The van der Waals surface area contributed by atoms with Crippen LogP contribution in [-0.2, 0) is 4.79 Å². The molecule has 0 aliphatic carbocycles. The number of rotatable bonds is 2. The molecule has 0 saturated heterocycles. The maximum Gasteiger partial charge on any atom is 0.305 e. The van der Waals surface area contributed by atoms with Gasteiger partial charge in [0, 0.05) is 0 Å². The molecular weight excluding hydrogens is 208 g/mol. The van der Waals surface area contributed by atoms with Gasteiger partial charge in [-0.2, -0.15) is 5.26 Å². The van der Waals surface area contributed by atoms with Gasteiger partial charge in [-0.25, -0.2) is 0 Å². The van der Waals surface area contributed by atoms with E-state index < -0.39 is 5.97 Å². The van der Waals surface area contributed by atoms with E-state index in [1.54, 1.807) is 18.2 Å². The molecule has 0 amide bonds. The fourth-order valence-corrected chi connectivity index (χ4v) is 1.61. The molecule has 0 spiro atoms. The first-order chi connectivity index (χ1) is 7.69. The van der Waals surface area contributed by atoms with Gasteiger partial charge < -0.3 is 15.2 Å². The van der Waals surface area contributed by atoms with Crippen LogP contribution in [0.2, 0.25) is 0 Å². The van der Waals surface area contributed by atoms with Crippen LogP contribution in [0.1, 0.15) is 12.0 Å². The Bertz CT molecular complexity index is 465. The van der Waals surface area contributed by atoms with Crippen molar-refractivity contribution in [2.45, 2.75) is 12.5 Å². The van der Waals surface area contributed by atoms with E-state index in [-0.39, 0.29) is 12.5 Å². The van der Waals surface area contributed by atoms with E-state index in [2.05, 4.69) is 5.32 Å². The summed E-state index contributed by atoms with van der Waals surface area (Å²) in [6.45, 7) is 0.325. The van der Waals surface area contributed by atoms with Crippen LogP contribution in [0.15, 0.2) is 18.2 Å². The first-order valence-corrected chi connectivity index (χ1v) is 4.84. The molecule has 82 valence electrons. The van der Waals surface area contributed by atoms with Crippen LogP contribution < -0.4 is 10.1 Å². The number of fused-ring (bicyclic) bond motifs is 1. The lowest BCUT2D eigenvalue weighted by molar-refractivity contribution is -0.137. The summed E-state index contributed by atoms with van der Waals surface area (Å²) in [6, 6.07) is 6.80. The van der Waals surface area contributed by atoms with Crippen molar-refractivity contribution in [2.24, 2.45) is 0 Å². The average Bonchev–Trinajstić information content (AvgIpc) is 2.27. The molecule has 2 N–H and O–H groups in total. The lowest BCUT2D eigenvalue weighted by Crippen LogP contribution is -2.33. The maximum absolute atomic E-state index is 10.6. The van der Waals surface area contributed by atoms with E-state index in [1.165, 1.54) is 0 Å². The molecule has 0 saturated carbocycles. The van der Waals surface area contributed by atoms with E-state index in [1.807, 2.05) is 6.07 Å². The smallest absolute Gasteiger partial charge is 0.305 e. The third kappa shape index (κ3) is 2.06. The Balaban J connectivity index is 2.19. The van der Waals surface area contributed by atoms with Crippen LogP contribution in [0.3, 0.4) is 0 Å². The molecule has 1 aromatic rings. The number of carboxylic acids is 1. The predicted molar refractivity (Wildman–Crippen MR) is 56.3 cm³/mol. The van der Waals surface area contributed by atoms with Crippen LogP contribution in [0.4, 0.5) is 5.69 Å². The lowest BCUT2D eigenvalue weighted by atomic mass is 10.1. The van der Waals surface area contributed by atoms with Gasteiger partial charge in [0.2, 0.25) is 0 Å². The number of nitriles is 1. The van der Waals surface area contributed by atoms with Gasteiger partial charge in [-0.15, -0.1) is 0 Å². The minimum atomic E-state index is -0.874. The number of aliphatic carboxylic acids is 1. The second-order valence-electron chi connectivity index (χ2n) is 3.57. The van der Waals surface area contributed by atoms with Crippen LogP contribution in [-0.4, -0.2) is 23.7 Å². The second-order valence-corrected chi connectivity index (χ2v) is 3.57. The lowest BCUT2D eigenvalue weighted by Gasteiger charge is -2.26. The Morgan fingerprint density at radius 2 is 2.50 bits per heavy atom. The van der Waals surface area contributed by atoms with Crippen LogP contribution >= 0.6 is 0 Å². The first-order valence-electron chi connectivity index (χ1n) is 4.84. The fourth-order valence-electron chi connectivity index (χ4n) is 1.61. The third-order valence-electron chi connectivity index (χ3n) is 2.33. The SMILES string of the molecule is N#Cc1ccc2c(c1)NC(CC(=O)O)CO2. The highest BCUT2D eigenvalue weighted by molar-refractivity contribution is 5.69. The van der Waals surface area contributed by atoms with Gasteiger partial charge in [0.05, 0.1) is 29.8 Å². The molecule has 1 atom stereocenters. The van der Waals surface area contributed by atoms with Gasteiger partial charge in [0.1, 0.15) is 12.4 Å². The van der Waals surface area contributed by atoms with Crippen molar-refractivity contribution < 1.29 is 14.6 Å². The van der Waals surface area contributed by atoms with Crippen molar-refractivity contribution >= 4 is 11.7 Å². The third-order valence-corrected chi connectivity index (χ3v) is 2.33. The van der Waals surface area contributed by atoms with E-state index in [4.69, 9.17) is 15.1 Å². The number of benzene rings is 1. The summed E-state index contributed by atoms with van der Waals surface area (Å²) in [6.07, 6.45) is -0.00375. The minimum absolute atomic E-state index is 0.00375. The highest BCUT2D eigenvalue weighted by Crippen LogP contribution is 2.30. The Morgan fingerprint density at radius 3 is 3.19 bits per heavy atom. The summed E-state index contributed by atoms with van der Waals surface area (Å²) in [5.41, 5.74) is 1.20. The number of nitrogens with zero attached hydrogens (tertiary/aromatic N) is 1. The van der Waals surface area contributed by atoms with Crippen molar-refractivity contribution in [3.05, 3.63) is 23.8 Å². The molecule has 2 rings (SSSR count). The van der Waals surface area contributed by atoms with Crippen molar-refractivity contribution in [3.63, 3.8) is 0 Å². The van der Waals surface area contributed by atoms with Gasteiger partial charge in [0.15, 0.2) is 0 Å². The normalized spacial score (nSPS) is 17.6. The number of ether oxygens (including phenoxy) is 1. The largest absolute Gasteiger partial charge is 0.489 e. The molecule has 1 aliphatic rings. The highest BCUT2D eigenvalue weighted by Gasteiger charge is 2.21. The Hall–Kier alpha value is -2.22. The molecule has 5 nitrogen and oxygen atoms in total. The van der Waals surface area contributed by atoms with Crippen molar-refractivity contribution in [2.75, 3.05) is 11.9 Å². The van der Waals surface area contributed by atoms with Gasteiger partial charge in [-0.05, 0) is 18.2 Å². The molecule has 0 fully saturated rings. The highest BCUT2D eigenvalue weighted by atomic mass is 16.5. The van der Waals surface area contributed by atoms with Gasteiger partial charge in [-0.3, -0.25) is 4.79 Å². The number of nitrogens with one attached hydrogen (secondary N) is 1. The molecule has 0 radical (unpaired) electrons. The quantitative estimate of drug-likeness (QED) is 0.779. The summed E-state index contributed by atoms with van der Waals surface area (Å²) in [7, 11) is 0. The number of carboxylic acid groups (broad SMARTS) is 1. The maximum atomic E-state index is 10.6. The van der Waals surface area contributed by atoms with Crippen LogP contribution in [0, 0.1) is 11.3 Å². The molecule has 1 aliphatic heterocycles. The van der Waals surface area contributed by atoms with E-state index in [0.717, 1.165) is 0 Å². The number of carbonyl (C=O) groups is 1. The number of hydrogen-bond donors (Lipinski definition) is 2. The zero-order chi connectivity index (χ0) is 11.5. The van der Waals surface area contributed by atoms with Crippen LogP contribution in [0.25, 0.3) is 0 Å². The Kier molecular flexibility index (Phi) is 2.64. The summed E-state index contributed by atoms with van der Waals surface area (Å²) >= 11 is 0. The molecule has 1 aromatic carbocycles. The fraction of sp³-hybridized carbons (Fsp3) is 0.273. The first kappa shape index (κ1) is 10.3. The van der Waals surface area contributed by atoms with E-state index in [0.29, 0.717) is 23.6 Å². The molecule has 5 heteroatoms. The molecule has 16 heavy (non-hydrogen) atoms. The van der Waals surface area contributed by atoms with Crippen molar-refractivity contribution in [1.29, 1.82) is 5.26 Å². The summed E-state index contributed by atoms with van der Waals surface area (Å²) in [4.78, 5) is 10.6. The number of hydrogen-bond acceptors (Lipinski definition) is 4. The van der Waals surface area contributed by atoms with Gasteiger partial charge in [0.25, 0.3) is 0 Å². The van der Waals surface area contributed by atoms with Crippen molar-refractivity contribution in [1.82, 2.24) is 0 Å². The molecule has 1 heterocycles. The minimum Gasteiger partial charge on any atom is -0.489 e. The molecule has 1 unspecified atom stereocenters. The Labute approximate surface area is 92.3 Å². The summed E-state index contributed by atoms with van der Waals surface area (Å²) in [5.74, 6) is -0.221. The predicted octanol–water partition coefficient (Wildman–Crippen LogP) is 1.21.